The lowest BCUT2D eigenvalue weighted by Gasteiger charge is -2.24. The first kappa shape index (κ1) is 17.5. The lowest BCUT2D eigenvalue weighted by Crippen LogP contribution is -2.45. The van der Waals surface area contributed by atoms with Crippen LogP contribution >= 0.6 is 0 Å². The molecule has 0 aliphatic rings. The fourth-order valence-corrected chi connectivity index (χ4v) is 2.13. The summed E-state index contributed by atoms with van der Waals surface area (Å²) < 4.78 is 5.39. The molecular weight excluding hydrogens is 262 g/mol. The zero-order chi connectivity index (χ0) is 15.9. The maximum Gasteiger partial charge on any atom is 0.191 e. The molecule has 0 bridgehead atoms. The number of benzene rings is 1. The molecule has 1 rings (SSSR count). The van der Waals surface area contributed by atoms with Crippen LogP contribution in [0.25, 0.3) is 0 Å². The minimum absolute atomic E-state index is 0.203. The molecule has 0 saturated carbocycles. The van der Waals surface area contributed by atoms with Crippen LogP contribution in [0.4, 0.5) is 0 Å². The second-order valence-corrected chi connectivity index (χ2v) is 6.06. The van der Waals surface area contributed by atoms with Gasteiger partial charge in [-0.05, 0) is 39.7 Å². The smallest absolute Gasteiger partial charge is 0.191 e. The van der Waals surface area contributed by atoms with Crippen LogP contribution in [0.15, 0.2) is 23.2 Å². The van der Waals surface area contributed by atoms with E-state index in [4.69, 9.17) is 4.74 Å². The van der Waals surface area contributed by atoms with Crippen molar-refractivity contribution < 1.29 is 4.74 Å². The van der Waals surface area contributed by atoms with Crippen LogP contribution in [0.5, 0.6) is 0 Å². The zero-order valence-electron chi connectivity index (χ0n) is 14.2. The molecule has 0 atom stereocenters. The third-order valence-corrected chi connectivity index (χ3v) is 3.45. The van der Waals surface area contributed by atoms with E-state index in [0.717, 1.165) is 18.9 Å². The van der Waals surface area contributed by atoms with Crippen molar-refractivity contribution in [3.05, 3.63) is 34.9 Å². The van der Waals surface area contributed by atoms with Crippen molar-refractivity contribution in [2.24, 2.45) is 4.99 Å². The van der Waals surface area contributed by atoms with Crippen molar-refractivity contribution in [1.29, 1.82) is 0 Å². The van der Waals surface area contributed by atoms with E-state index in [1.807, 2.05) is 13.8 Å². The highest BCUT2D eigenvalue weighted by molar-refractivity contribution is 5.79. The van der Waals surface area contributed by atoms with Gasteiger partial charge in [0.2, 0.25) is 0 Å². The van der Waals surface area contributed by atoms with Gasteiger partial charge in [-0.15, -0.1) is 0 Å². The maximum atomic E-state index is 5.39. The summed E-state index contributed by atoms with van der Waals surface area (Å²) in [7, 11) is 3.50. The number of aryl methyl sites for hydroxylation is 2. The molecule has 0 radical (unpaired) electrons. The monoisotopic (exact) mass is 291 g/mol. The number of hydrogen-bond donors (Lipinski definition) is 2. The molecule has 1 aromatic carbocycles. The quantitative estimate of drug-likeness (QED) is 0.625. The van der Waals surface area contributed by atoms with Gasteiger partial charge in [-0.2, -0.15) is 0 Å². The Morgan fingerprint density at radius 3 is 2.29 bits per heavy atom. The standard InChI is InChI=1S/C17H29N3O/c1-13-9-14(2)11-15(10-13)7-8-19-16(18-5)20-12-17(3,4)21-6/h9-11H,7-8,12H2,1-6H3,(H2,18,19,20). The molecule has 0 aliphatic heterocycles. The predicted octanol–water partition coefficient (Wildman–Crippen LogP) is 2.44. The second-order valence-electron chi connectivity index (χ2n) is 6.06. The van der Waals surface area contributed by atoms with Crippen molar-refractivity contribution in [2.45, 2.75) is 39.7 Å². The highest BCUT2D eigenvalue weighted by atomic mass is 16.5. The summed E-state index contributed by atoms with van der Waals surface area (Å²) in [4.78, 5) is 4.23. The van der Waals surface area contributed by atoms with Crippen LogP contribution in [0.1, 0.15) is 30.5 Å². The van der Waals surface area contributed by atoms with E-state index >= 15 is 0 Å². The average molecular weight is 291 g/mol. The summed E-state index contributed by atoms with van der Waals surface area (Å²) in [6.07, 6.45) is 0.983. The Kier molecular flexibility index (Phi) is 6.69. The molecule has 4 nitrogen and oxygen atoms in total. The van der Waals surface area contributed by atoms with E-state index < -0.39 is 0 Å². The summed E-state index contributed by atoms with van der Waals surface area (Å²) in [5.41, 5.74) is 3.78. The molecule has 0 amide bonds. The van der Waals surface area contributed by atoms with Crippen molar-refractivity contribution in [3.8, 4) is 0 Å². The molecule has 0 fully saturated rings. The van der Waals surface area contributed by atoms with Gasteiger partial charge in [0.25, 0.3) is 0 Å². The Labute approximate surface area is 129 Å². The number of hydrogen-bond acceptors (Lipinski definition) is 2. The highest BCUT2D eigenvalue weighted by Gasteiger charge is 2.16. The lowest BCUT2D eigenvalue weighted by atomic mass is 10.1. The van der Waals surface area contributed by atoms with Gasteiger partial charge in [0.15, 0.2) is 5.96 Å². The number of methoxy groups -OCH3 is 1. The normalized spacial score (nSPS) is 12.4. The predicted molar refractivity (Wildman–Crippen MR) is 90.1 cm³/mol. The minimum Gasteiger partial charge on any atom is -0.377 e. The van der Waals surface area contributed by atoms with Gasteiger partial charge in [-0.25, -0.2) is 0 Å². The largest absolute Gasteiger partial charge is 0.377 e. The molecule has 118 valence electrons. The van der Waals surface area contributed by atoms with E-state index in [1.165, 1.54) is 16.7 Å². The molecule has 1 aromatic rings. The molecule has 21 heavy (non-hydrogen) atoms. The van der Waals surface area contributed by atoms with Crippen molar-refractivity contribution >= 4 is 5.96 Å². The van der Waals surface area contributed by atoms with Gasteiger partial charge in [0, 0.05) is 27.2 Å². The molecule has 0 aliphatic carbocycles. The van der Waals surface area contributed by atoms with Gasteiger partial charge >= 0.3 is 0 Å². The van der Waals surface area contributed by atoms with Crippen molar-refractivity contribution in [2.75, 3.05) is 27.2 Å². The first-order valence-corrected chi connectivity index (χ1v) is 7.43. The van der Waals surface area contributed by atoms with Crippen molar-refractivity contribution in [1.82, 2.24) is 10.6 Å². The SMILES string of the molecule is CN=C(NCCc1cc(C)cc(C)c1)NCC(C)(C)OC. The van der Waals surface area contributed by atoms with E-state index in [9.17, 15) is 0 Å². The molecule has 0 aromatic heterocycles. The first-order chi connectivity index (χ1) is 9.86. The number of nitrogens with zero attached hydrogens (tertiary/aromatic N) is 1. The fraction of sp³-hybridized carbons (Fsp3) is 0.588. The summed E-state index contributed by atoms with van der Waals surface area (Å²) in [5.74, 6) is 0.810. The average Bonchev–Trinajstić information content (AvgIpc) is 2.41. The third kappa shape index (κ3) is 6.63. The van der Waals surface area contributed by atoms with Crippen LogP contribution in [0.3, 0.4) is 0 Å². The Bertz CT molecular complexity index is 461. The van der Waals surface area contributed by atoms with Crippen LogP contribution in [0.2, 0.25) is 0 Å². The van der Waals surface area contributed by atoms with E-state index in [-0.39, 0.29) is 5.60 Å². The highest BCUT2D eigenvalue weighted by Crippen LogP contribution is 2.09. The summed E-state index contributed by atoms with van der Waals surface area (Å²) in [5, 5.41) is 6.62. The number of nitrogens with one attached hydrogen (secondary N) is 2. The Balaban J connectivity index is 2.42. The maximum absolute atomic E-state index is 5.39. The van der Waals surface area contributed by atoms with Crippen molar-refractivity contribution in [3.63, 3.8) is 0 Å². The van der Waals surface area contributed by atoms with Gasteiger partial charge in [-0.1, -0.05) is 29.3 Å². The van der Waals surface area contributed by atoms with E-state index in [1.54, 1.807) is 14.2 Å². The lowest BCUT2D eigenvalue weighted by molar-refractivity contribution is 0.0268. The number of guanidine groups is 1. The Morgan fingerprint density at radius 2 is 1.76 bits per heavy atom. The van der Waals surface area contributed by atoms with Gasteiger partial charge in [0.05, 0.1) is 5.60 Å². The van der Waals surface area contributed by atoms with Gasteiger partial charge in [0.1, 0.15) is 0 Å². The Hall–Kier alpha value is -1.55. The molecule has 0 saturated heterocycles. The molecule has 0 heterocycles. The molecule has 2 N–H and O–H groups in total. The summed E-state index contributed by atoms with van der Waals surface area (Å²) >= 11 is 0. The van der Waals surface area contributed by atoms with Gasteiger partial charge in [-0.3, -0.25) is 4.99 Å². The molecule has 0 unspecified atom stereocenters. The molecular formula is C17H29N3O. The van der Waals surface area contributed by atoms with E-state index in [0.29, 0.717) is 6.54 Å². The summed E-state index contributed by atoms with van der Waals surface area (Å²) in [6, 6.07) is 6.67. The van der Waals surface area contributed by atoms with E-state index in [2.05, 4.69) is 47.7 Å². The molecule has 0 spiro atoms. The van der Waals surface area contributed by atoms with Crippen LogP contribution in [0, 0.1) is 13.8 Å². The number of ether oxygens (including phenoxy) is 1. The number of rotatable bonds is 6. The van der Waals surface area contributed by atoms with Crippen LogP contribution in [-0.4, -0.2) is 38.8 Å². The first-order valence-electron chi connectivity index (χ1n) is 7.43. The van der Waals surface area contributed by atoms with Gasteiger partial charge < -0.3 is 15.4 Å². The zero-order valence-corrected chi connectivity index (χ0v) is 14.2. The number of aliphatic imine (C=N–C) groups is 1. The molecule has 4 heteroatoms. The minimum atomic E-state index is -0.203. The Morgan fingerprint density at radius 1 is 1.14 bits per heavy atom. The summed E-state index contributed by atoms with van der Waals surface area (Å²) in [6.45, 7) is 9.93. The fourth-order valence-electron chi connectivity index (χ4n) is 2.13. The third-order valence-electron chi connectivity index (χ3n) is 3.45. The topological polar surface area (TPSA) is 45.7 Å². The second kappa shape index (κ2) is 8.03. The van der Waals surface area contributed by atoms with Crippen LogP contribution in [-0.2, 0) is 11.2 Å². The van der Waals surface area contributed by atoms with Crippen LogP contribution < -0.4 is 10.6 Å².